The molecule has 0 aromatic carbocycles. The molecule has 0 bridgehead atoms. The second-order valence-electron chi connectivity index (χ2n) is 5.99. The summed E-state index contributed by atoms with van der Waals surface area (Å²) in [7, 11) is 2.27. The number of imidazole rings is 1. The van der Waals surface area contributed by atoms with E-state index in [-0.39, 0.29) is 0 Å². The molecule has 114 valence electrons. The van der Waals surface area contributed by atoms with Gasteiger partial charge in [0.15, 0.2) is 0 Å². The first-order valence-electron chi connectivity index (χ1n) is 8.18. The third kappa shape index (κ3) is 3.61. The lowest BCUT2D eigenvalue weighted by atomic mass is 9.92. The van der Waals surface area contributed by atoms with Crippen molar-refractivity contribution >= 4 is 0 Å². The molecule has 1 aromatic heterocycles. The van der Waals surface area contributed by atoms with Crippen molar-refractivity contribution in [1.29, 1.82) is 0 Å². The van der Waals surface area contributed by atoms with Crippen LogP contribution >= 0.6 is 0 Å². The van der Waals surface area contributed by atoms with Gasteiger partial charge in [0.2, 0.25) is 0 Å². The van der Waals surface area contributed by atoms with Crippen LogP contribution < -0.4 is 5.32 Å². The summed E-state index contributed by atoms with van der Waals surface area (Å²) in [5.74, 6) is 0.691. The Morgan fingerprint density at radius 2 is 2.20 bits per heavy atom. The molecular formula is C16H30N4. The van der Waals surface area contributed by atoms with Gasteiger partial charge in [-0.1, -0.05) is 13.3 Å². The summed E-state index contributed by atoms with van der Waals surface area (Å²) in [6.45, 7) is 8.89. The van der Waals surface area contributed by atoms with E-state index in [1.165, 1.54) is 37.9 Å². The fraction of sp³-hybridized carbons (Fsp3) is 0.812. The molecule has 1 N–H and O–H groups in total. The Kier molecular flexibility index (Phi) is 6.05. The SMILES string of the molecule is CCCNCC1CCCCN(C)C1c1cncn1CC. The van der Waals surface area contributed by atoms with Gasteiger partial charge in [0, 0.05) is 12.7 Å². The van der Waals surface area contributed by atoms with Crippen LogP contribution in [0.2, 0.25) is 0 Å². The number of hydrogen-bond acceptors (Lipinski definition) is 3. The maximum absolute atomic E-state index is 4.38. The van der Waals surface area contributed by atoms with E-state index in [0.29, 0.717) is 12.0 Å². The van der Waals surface area contributed by atoms with Crippen molar-refractivity contribution in [2.75, 3.05) is 26.7 Å². The summed E-state index contributed by atoms with van der Waals surface area (Å²) in [4.78, 5) is 6.92. The van der Waals surface area contributed by atoms with Gasteiger partial charge in [-0.15, -0.1) is 0 Å². The van der Waals surface area contributed by atoms with E-state index in [4.69, 9.17) is 0 Å². The van der Waals surface area contributed by atoms with Crippen LogP contribution in [0, 0.1) is 5.92 Å². The Bertz CT molecular complexity index is 388. The standard InChI is InChI=1S/C16H30N4/c1-4-9-17-11-14-8-6-7-10-19(3)16(14)15-12-18-13-20(15)5-2/h12-14,16-17H,4-11H2,1-3H3. The van der Waals surface area contributed by atoms with Gasteiger partial charge in [-0.25, -0.2) is 4.98 Å². The molecule has 2 atom stereocenters. The van der Waals surface area contributed by atoms with E-state index >= 15 is 0 Å². The van der Waals surface area contributed by atoms with Crippen molar-refractivity contribution in [3.05, 3.63) is 18.2 Å². The molecule has 4 heteroatoms. The third-order valence-corrected chi connectivity index (χ3v) is 4.48. The minimum absolute atomic E-state index is 0.504. The van der Waals surface area contributed by atoms with Gasteiger partial charge < -0.3 is 9.88 Å². The van der Waals surface area contributed by atoms with Crippen molar-refractivity contribution in [1.82, 2.24) is 19.8 Å². The van der Waals surface area contributed by atoms with E-state index in [1.807, 2.05) is 6.33 Å². The van der Waals surface area contributed by atoms with Crippen molar-refractivity contribution in [3.8, 4) is 0 Å². The highest BCUT2D eigenvalue weighted by atomic mass is 15.2. The van der Waals surface area contributed by atoms with Crippen LogP contribution in [0.15, 0.2) is 12.5 Å². The molecule has 20 heavy (non-hydrogen) atoms. The predicted octanol–water partition coefficient (Wildman–Crippen LogP) is 2.68. The van der Waals surface area contributed by atoms with Crippen molar-refractivity contribution < 1.29 is 0 Å². The van der Waals surface area contributed by atoms with Crippen LogP contribution in [0.5, 0.6) is 0 Å². The second-order valence-corrected chi connectivity index (χ2v) is 5.99. The van der Waals surface area contributed by atoms with Gasteiger partial charge in [0.05, 0.1) is 18.1 Å². The number of aromatic nitrogens is 2. The summed E-state index contributed by atoms with van der Waals surface area (Å²) >= 11 is 0. The van der Waals surface area contributed by atoms with Crippen LogP contribution in [-0.2, 0) is 6.54 Å². The normalized spacial score (nSPS) is 24.8. The highest BCUT2D eigenvalue weighted by Gasteiger charge is 2.30. The van der Waals surface area contributed by atoms with Gasteiger partial charge in [0.1, 0.15) is 0 Å². The van der Waals surface area contributed by atoms with Gasteiger partial charge >= 0.3 is 0 Å². The highest BCUT2D eigenvalue weighted by Crippen LogP contribution is 2.33. The molecule has 4 nitrogen and oxygen atoms in total. The van der Waals surface area contributed by atoms with Crippen molar-refractivity contribution in [2.24, 2.45) is 5.92 Å². The quantitative estimate of drug-likeness (QED) is 0.812. The zero-order valence-electron chi connectivity index (χ0n) is 13.3. The number of nitrogens with zero attached hydrogens (tertiary/aromatic N) is 3. The molecule has 1 fully saturated rings. The van der Waals surface area contributed by atoms with Gasteiger partial charge in [0.25, 0.3) is 0 Å². The van der Waals surface area contributed by atoms with Gasteiger partial charge in [-0.2, -0.15) is 0 Å². The fourth-order valence-electron chi connectivity index (χ4n) is 3.41. The molecular weight excluding hydrogens is 248 g/mol. The lowest BCUT2D eigenvalue weighted by Crippen LogP contribution is -2.36. The summed E-state index contributed by atoms with van der Waals surface area (Å²) in [6, 6.07) is 0.504. The lowest BCUT2D eigenvalue weighted by molar-refractivity contribution is 0.180. The zero-order valence-corrected chi connectivity index (χ0v) is 13.3. The Hall–Kier alpha value is -0.870. The number of likely N-dealkylation sites (tertiary alicyclic amines) is 1. The monoisotopic (exact) mass is 278 g/mol. The van der Waals surface area contributed by atoms with Crippen LogP contribution in [-0.4, -0.2) is 41.1 Å². The Morgan fingerprint density at radius 3 is 2.95 bits per heavy atom. The molecule has 2 rings (SSSR count). The lowest BCUT2D eigenvalue weighted by Gasteiger charge is -2.33. The highest BCUT2D eigenvalue weighted by molar-refractivity contribution is 5.08. The minimum atomic E-state index is 0.504. The number of hydrogen-bond donors (Lipinski definition) is 1. The average Bonchev–Trinajstić information content (AvgIpc) is 2.84. The first-order valence-corrected chi connectivity index (χ1v) is 8.18. The van der Waals surface area contributed by atoms with Crippen molar-refractivity contribution in [2.45, 2.75) is 52.1 Å². The van der Waals surface area contributed by atoms with Crippen LogP contribution in [0.1, 0.15) is 51.3 Å². The molecule has 0 aliphatic carbocycles. The smallest absolute Gasteiger partial charge is 0.0948 e. The van der Waals surface area contributed by atoms with E-state index < -0.39 is 0 Å². The molecule has 1 aliphatic rings. The molecule has 0 saturated carbocycles. The molecule has 1 saturated heterocycles. The van der Waals surface area contributed by atoms with Crippen molar-refractivity contribution in [3.63, 3.8) is 0 Å². The van der Waals surface area contributed by atoms with E-state index in [0.717, 1.165) is 19.6 Å². The van der Waals surface area contributed by atoms with E-state index in [1.54, 1.807) is 0 Å². The fourth-order valence-corrected chi connectivity index (χ4v) is 3.41. The summed E-state index contributed by atoms with van der Waals surface area (Å²) in [5.41, 5.74) is 1.39. The van der Waals surface area contributed by atoms with Crippen LogP contribution in [0.25, 0.3) is 0 Å². The maximum atomic E-state index is 4.38. The molecule has 1 aromatic rings. The van der Waals surface area contributed by atoms with Gasteiger partial charge in [-0.3, -0.25) is 4.90 Å². The number of rotatable bonds is 6. The average molecular weight is 278 g/mol. The summed E-state index contributed by atoms with van der Waals surface area (Å²) < 4.78 is 2.30. The molecule has 0 spiro atoms. The third-order valence-electron chi connectivity index (χ3n) is 4.48. The Labute approximate surface area is 123 Å². The largest absolute Gasteiger partial charge is 0.333 e. The molecule has 2 heterocycles. The maximum Gasteiger partial charge on any atom is 0.0948 e. The zero-order chi connectivity index (χ0) is 14.4. The first-order chi connectivity index (χ1) is 9.77. The molecule has 1 aliphatic heterocycles. The summed E-state index contributed by atoms with van der Waals surface area (Å²) in [6.07, 6.45) is 9.24. The van der Waals surface area contributed by atoms with Gasteiger partial charge in [-0.05, 0) is 58.8 Å². The molecule has 0 amide bonds. The number of aryl methyl sites for hydroxylation is 1. The predicted molar refractivity (Wildman–Crippen MR) is 83.8 cm³/mol. The Morgan fingerprint density at radius 1 is 1.35 bits per heavy atom. The van der Waals surface area contributed by atoms with E-state index in [9.17, 15) is 0 Å². The Balaban J connectivity index is 2.17. The topological polar surface area (TPSA) is 33.1 Å². The molecule has 2 unspecified atom stereocenters. The first kappa shape index (κ1) is 15.5. The number of nitrogens with one attached hydrogen (secondary N) is 1. The summed E-state index contributed by atoms with van der Waals surface area (Å²) in [5, 5.41) is 3.63. The van der Waals surface area contributed by atoms with Crippen LogP contribution in [0.4, 0.5) is 0 Å². The molecule has 0 radical (unpaired) electrons. The van der Waals surface area contributed by atoms with Crippen LogP contribution in [0.3, 0.4) is 0 Å². The van der Waals surface area contributed by atoms with E-state index in [2.05, 4.69) is 46.9 Å². The minimum Gasteiger partial charge on any atom is -0.333 e. The second kappa shape index (κ2) is 7.79.